The number of aryl methyl sites for hydroxylation is 1. The van der Waals surface area contributed by atoms with Crippen molar-refractivity contribution < 1.29 is 9.66 Å². The highest BCUT2D eigenvalue weighted by molar-refractivity contribution is 5.55. The van der Waals surface area contributed by atoms with E-state index in [1.165, 1.54) is 0 Å². The van der Waals surface area contributed by atoms with Crippen LogP contribution in [-0.2, 0) is 4.74 Å². The Balaban J connectivity index is 2.05. The molecule has 5 nitrogen and oxygen atoms in total. The number of nitro benzene ring substituents is 1. The van der Waals surface area contributed by atoms with Gasteiger partial charge in [0.25, 0.3) is 5.69 Å². The Morgan fingerprint density at radius 3 is 2.94 bits per heavy atom. The second kappa shape index (κ2) is 4.94. The number of nitrogens with zero attached hydrogens (tertiary/aromatic N) is 1. The minimum absolute atomic E-state index is 0.150. The van der Waals surface area contributed by atoms with Crippen LogP contribution in [0.25, 0.3) is 0 Å². The minimum Gasteiger partial charge on any atom is -0.382 e. The molecular weight excluding hydrogens is 232 g/mol. The highest BCUT2D eigenvalue weighted by Gasteiger charge is 2.29. The van der Waals surface area contributed by atoms with Crippen LogP contribution in [0.4, 0.5) is 11.4 Å². The van der Waals surface area contributed by atoms with E-state index in [9.17, 15) is 10.1 Å². The van der Waals surface area contributed by atoms with Crippen molar-refractivity contribution in [3.05, 3.63) is 33.9 Å². The number of rotatable bonds is 4. The van der Waals surface area contributed by atoms with Crippen LogP contribution in [0.3, 0.4) is 0 Å². The molecule has 0 saturated carbocycles. The summed E-state index contributed by atoms with van der Waals surface area (Å²) in [5, 5.41) is 14.1. The van der Waals surface area contributed by atoms with Gasteiger partial charge in [-0.1, -0.05) is 6.07 Å². The first-order valence-electron chi connectivity index (χ1n) is 6.13. The Labute approximate surface area is 106 Å². The van der Waals surface area contributed by atoms with E-state index in [2.05, 4.69) is 12.2 Å². The zero-order chi connectivity index (χ0) is 13.2. The molecule has 2 rings (SSSR count). The van der Waals surface area contributed by atoms with E-state index in [1.54, 1.807) is 19.1 Å². The zero-order valence-corrected chi connectivity index (χ0v) is 10.7. The van der Waals surface area contributed by atoms with Gasteiger partial charge in [0, 0.05) is 30.5 Å². The van der Waals surface area contributed by atoms with Crippen molar-refractivity contribution in [1.29, 1.82) is 0 Å². The van der Waals surface area contributed by atoms with Crippen molar-refractivity contribution in [2.24, 2.45) is 0 Å². The zero-order valence-electron chi connectivity index (χ0n) is 10.7. The Morgan fingerprint density at radius 1 is 1.56 bits per heavy atom. The molecule has 98 valence electrons. The van der Waals surface area contributed by atoms with Crippen LogP contribution in [0, 0.1) is 17.0 Å². The van der Waals surface area contributed by atoms with E-state index < -0.39 is 0 Å². The van der Waals surface area contributed by atoms with E-state index in [0.29, 0.717) is 12.1 Å². The fourth-order valence-corrected chi connectivity index (χ4v) is 2.18. The van der Waals surface area contributed by atoms with Gasteiger partial charge in [0.1, 0.15) is 0 Å². The van der Waals surface area contributed by atoms with Gasteiger partial charge in [-0.15, -0.1) is 0 Å². The van der Waals surface area contributed by atoms with Gasteiger partial charge in [-0.05, 0) is 32.8 Å². The second-order valence-corrected chi connectivity index (χ2v) is 5.01. The molecule has 1 aromatic carbocycles. The van der Waals surface area contributed by atoms with E-state index in [0.717, 1.165) is 25.1 Å². The van der Waals surface area contributed by atoms with Crippen LogP contribution in [0.2, 0.25) is 0 Å². The maximum atomic E-state index is 10.9. The van der Waals surface area contributed by atoms with Crippen molar-refractivity contribution in [2.45, 2.75) is 32.3 Å². The first-order chi connectivity index (χ1) is 8.50. The van der Waals surface area contributed by atoms with Gasteiger partial charge < -0.3 is 10.1 Å². The average molecular weight is 250 g/mol. The molecule has 1 N–H and O–H groups in total. The Bertz CT molecular complexity index is 454. The van der Waals surface area contributed by atoms with Crippen molar-refractivity contribution >= 4 is 11.4 Å². The molecule has 0 aromatic heterocycles. The maximum absolute atomic E-state index is 10.9. The molecule has 0 amide bonds. The van der Waals surface area contributed by atoms with Crippen LogP contribution in [0.1, 0.15) is 25.3 Å². The number of anilines is 1. The maximum Gasteiger partial charge on any atom is 0.274 e. The summed E-state index contributed by atoms with van der Waals surface area (Å²) in [5.41, 5.74) is 1.44. The molecule has 1 atom stereocenters. The molecular formula is C13H18N2O3. The standard InChI is InChI=1S/C13H18N2O3/c1-10-4-5-11(8-12(10)15(16)17)14-9-13(2)6-3-7-18-13/h4-5,8,14H,3,6-7,9H2,1-2H3. The summed E-state index contributed by atoms with van der Waals surface area (Å²) in [6.07, 6.45) is 2.10. The molecule has 0 radical (unpaired) electrons. The van der Waals surface area contributed by atoms with Gasteiger partial charge >= 0.3 is 0 Å². The summed E-state index contributed by atoms with van der Waals surface area (Å²) >= 11 is 0. The minimum atomic E-state index is -0.353. The predicted molar refractivity (Wildman–Crippen MR) is 69.9 cm³/mol. The molecule has 18 heavy (non-hydrogen) atoms. The van der Waals surface area contributed by atoms with Crippen LogP contribution in [0.5, 0.6) is 0 Å². The summed E-state index contributed by atoms with van der Waals surface area (Å²) in [6, 6.07) is 5.20. The molecule has 1 aliphatic rings. The number of nitro groups is 1. The van der Waals surface area contributed by atoms with Gasteiger partial charge in [-0.3, -0.25) is 10.1 Å². The lowest BCUT2D eigenvalue weighted by Gasteiger charge is -2.24. The van der Waals surface area contributed by atoms with Gasteiger partial charge in [-0.2, -0.15) is 0 Å². The van der Waals surface area contributed by atoms with Gasteiger partial charge in [0.15, 0.2) is 0 Å². The van der Waals surface area contributed by atoms with Crippen molar-refractivity contribution in [2.75, 3.05) is 18.5 Å². The van der Waals surface area contributed by atoms with Gasteiger partial charge in [-0.25, -0.2) is 0 Å². The molecule has 5 heteroatoms. The van der Waals surface area contributed by atoms with E-state index in [4.69, 9.17) is 4.74 Å². The lowest BCUT2D eigenvalue weighted by Crippen LogP contribution is -2.32. The summed E-state index contributed by atoms with van der Waals surface area (Å²) < 4.78 is 5.67. The normalized spacial score (nSPS) is 23.0. The topological polar surface area (TPSA) is 64.4 Å². The van der Waals surface area contributed by atoms with Crippen molar-refractivity contribution in [1.82, 2.24) is 0 Å². The first-order valence-corrected chi connectivity index (χ1v) is 6.13. The molecule has 0 aliphatic carbocycles. The highest BCUT2D eigenvalue weighted by atomic mass is 16.6. The molecule has 0 bridgehead atoms. The molecule has 1 saturated heterocycles. The van der Waals surface area contributed by atoms with Gasteiger partial charge in [0.2, 0.25) is 0 Å². The predicted octanol–water partition coefficient (Wildman–Crippen LogP) is 2.88. The smallest absolute Gasteiger partial charge is 0.274 e. The van der Waals surface area contributed by atoms with Gasteiger partial charge in [0.05, 0.1) is 10.5 Å². The Kier molecular flexibility index (Phi) is 3.52. The van der Waals surface area contributed by atoms with Crippen LogP contribution < -0.4 is 5.32 Å². The first kappa shape index (κ1) is 12.8. The third-order valence-electron chi connectivity index (χ3n) is 3.37. The SMILES string of the molecule is Cc1ccc(NCC2(C)CCCO2)cc1[N+](=O)[O-]. The number of benzene rings is 1. The monoisotopic (exact) mass is 250 g/mol. The van der Waals surface area contributed by atoms with Crippen molar-refractivity contribution in [3.63, 3.8) is 0 Å². The van der Waals surface area contributed by atoms with Crippen LogP contribution in [0.15, 0.2) is 18.2 Å². The fraction of sp³-hybridized carbons (Fsp3) is 0.538. The molecule has 1 aliphatic heterocycles. The highest BCUT2D eigenvalue weighted by Crippen LogP contribution is 2.27. The molecule has 1 unspecified atom stereocenters. The Morgan fingerprint density at radius 2 is 2.33 bits per heavy atom. The Hall–Kier alpha value is -1.62. The quantitative estimate of drug-likeness (QED) is 0.659. The molecule has 0 spiro atoms. The number of hydrogen-bond acceptors (Lipinski definition) is 4. The van der Waals surface area contributed by atoms with Crippen LogP contribution in [-0.4, -0.2) is 23.7 Å². The second-order valence-electron chi connectivity index (χ2n) is 5.01. The van der Waals surface area contributed by atoms with Crippen molar-refractivity contribution in [3.8, 4) is 0 Å². The number of hydrogen-bond donors (Lipinski definition) is 1. The number of ether oxygens (including phenoxy) is 1. The third-order valence-corrected chi connectivity index (χ3v) is 3.37. The largest absolute Gasteiger partial charge is 0.382 e. The third kappa shape index (κ3) is 2.79. The van der Waals surface area contributed by atoms with E-state index in [-0.39, 0.29) is 16.2 Å². The molecule has 1 aromatic rings. The lowest BCUT2D eigenvalue weighted by atomic mass is 10.0. The summed E-state index contributed by atoms with van der Waals surface area (Å²) in [4.78, 5) is 10.5. The lowest BCUT2D eigenvalue weighted by molar-refractivity contribution is -0.385. The summed E-state index contributed by atoms with van der Waals surface area (Å²) in [5.74, 6) is 0. The fourth-order valence-electron chi connectivity index (χ4n) is 2.18. The summed E-state index contributed by atoms with van der Waals surface area (Å²) in [7, 11) is 0. The van der Waals surface area contributed by atoms with E-state index in [1.807, 2.05) is 6.07 Å². The average Bonchev–Trinajstić information content (AvgIpc) is 2.75. The molecule has 1 fully saturated rings. The number of nitrogens with one attached hydrogen (secondary N) is 1. The molecule has 1 heterocycles. The van der Waals surface area contributed by atoms with E-state index >= 15 is 0 Å². The summed E-state index contributed by atoms with van der Waals surface area (Å²) in [6.45, 7) is 5.28. The van der Waals surface area contributed by atoms with Crippen LogP contribution >= 0.6 is 0 Å².